The highest BCUT2D eigenvalue weighted by Gasteiger charge is 2.51. The van der Waals surface area contributed by atoms with Crippen LogP contribution >= 0.6 is 0 Å². The van der Waals surface area contributed by atoms with E-state index in [4.69, 9.17) is 9.47 Å². The molecule has 5 heteroatoms. The van der Waals surface area contributed by atoms with Crippen molar-refractivity contribution in [3.63, 3.8) is 0 Å². The van der Waals surface area contributed by atoms with E-state index < -0.39 is 0 Å². The van der Waals surface area contributed by atoms with Crippen LogP contribution in [0.5, 0.6) is 5.75 Å². The number of likely N-dealkylation sites (N-methyl/N-ethyl adjacent to an activating group) is 1. The highest BCUT2D eigenvalue weighted by Crippen LogP contribution is 2.46. The molecule has 2 heterocycles. The topological polar surface area (TPSA) is 55.8 Å². The van der Waals surface area contributed by atoms with Gasteiger partial charge in [0.2, 0.25) is 0 Å². The second-order valence-corrected chi connectivity index (χ2v) is 6.92. The molecule has 0 aromatic heterocycles. The van der Waals surface area contributed by atoms with Crippen molar-refractivity contribution in [2.75, 3.05) is 13.7 Å². The van der Waals surface area contributed by atoms with Crippen molar-refractivity contribution in [1.82, 2.24) is 4.90 Å². The minimum absolute atomic E-state index is 0.0992. The first-order chi connectivity index (χ1) is 12.2. The zero-order valence-electron chi connectivity index (χ0n) is 14.7. The Hall–Kier alpha value is -2.30. The summed E-state index contributed by atoms with van der Waals surface area (Å²) in [4.78, 5) is 27.8. The molecule has 1 aliphatic carbocycles. The van der Waals surface area contributed by atoms with Gasteiger partial charge >= 0.3 is 0 Å². The summed E-state index contributed by atoms with van der Waals surface area (Å²) in [5.74, 6) is 0.893. The largest absolute Gasteiger partial charge is 0.497 e. The molecule has 4 rings (SSSR count). The summed E-state index contributed by atoms with van der Waals surface area (Å²) < 4.78 is 11.3. The average molecular weight is 341 g/mol. The monoisotopic (exact) mass is 341 g/mol. The second-order valence-electron chi connectivity index (χ2n) is 6.92. The Bertz CT molecular complexity index is 737. The minimum atomic E-state index is -0.353. The quantitative estimate of drug-likeness (QED) is 0.848. The van der Waals surface area contributed by atoms with E-state index in [1.807, 2.05) is 31.2 Å². The zero-order valence-corrected chi connectivity index (χ0v) is 14.7. The van der Waals surface area contributed by atoms with E-state index >= 15 is 0 Å². The van der Waals surface area contributed by atoms with Crippen LogP contribution in [0.4, 0.5) is 0 Å². The molecule has 25 heavy (non-hydrogen) atoms. The Morgan fingerprint density at radius 2 is 1.88 bits per heavy atom. The molecule has 3 unspecified atom stereocenters. The van der Waals surface area contributed by atoms with Crippen LogP contribution in [0.2, 0.25) is 0 Å². The number of ketones is 1. The second kappa shape index (κ2) is 6.21. The van der Waals surface area contributed by atoms with Crippen LogP contribution in [0.15, 0.2) is 35.6 Å². The number of hydrogen-bond acceptors (Lipinski definition) is 4. The number of amides is 1. The molecule has 0 saturated heterocycles. The lowest BCUT2D eigenvalue weighted by Crippen LogP contribution is -2.39. The van der Waals surface area contributed by atoms with Gasteiger partial charge in [-0.1, -0.05) is 18.6 Å². The Morgan fingerprint density at radius 1 is 1.16 bits per heavy atom. The number of hydrogen-bond donors (Lipinski definition) is 0. The lowest BCUT2D eigenvalue weighted by Gasteiger charge is -2.35. The molecule has 1 fully saturated rings. The summed E-state index contributed by atoms with van der Waals surface area (Å²) in [6, 6.07) is 7.23. The Balaban J connectivity index is 1.77. The van der Waals surface area contributed by atoms with Crippen LogP contribution in [-0.2, 0) is 14.3 Å². The van der Waals surface area contributed by atoms with Gasteiger partial charge in [0.25, 0.3) is 5.91 Å². The van der Waals surface area contributed by atoms with E-state index in [-0.39, 0.29) is 35.5 Å². The number of carbonyl (C=O) groups is 2. The highest BCUT2D eigenvalue weighted by molar-refractivity contribution is 6.11. The van der Waals surface area contributed by atoms with Crippen LogP contribution in [0, 0.1) is 5.92 Å². The number of methoxy groups -OCH3 is 1. The van der Waals surface area contributed by atoms with Crippen molar-refractivity contribution in [2.45, 2.75) is 44.8 Å². The first kappa shape index (κ1) is 16.2. The van der Waals surface area contributed by atoms with Gasteiger partial charge < -0.3 is 14.4 Å². The van der Waals surface area contributed by atoms with Crippen molar-refractivity contribution in [1.29, 1.82) is 0 Å². The SMILES string of the molecule is CCN1C(=O)C2=C(C(=O)C3CCCCC3O2)C1c1ccc(OC)cc1. The molecule has 1 aromatic rings. The fraction of sp³-hybridized carbons (Fsp3) is 0.500. The number of ether oxygens (including phenoxy) is 2. The van der Waals surface area contributed by atoms with Gasteiger partial charge in [-0.3, -0.25) is 9.59 Å². The smallest absolute Gasteiger partial charge is 0.290 e. The summed E-state index contributed by atoms with van der Waals surface area (Å²) in [5.41, 5.74) is 1.48. The standard InChI is InChI=1S/C20H23NO4/c1-3-21-17(12-8-10-13(24-2)11-9-12)16-18(22)14-6-4-5-7-15(14)25-19(16)20(21)23/h8-11,14-15,17H,3-7H2,1-2H3. The fourth-order valence-corrected chi connectivity index (χ4v) is 4.35. The molecule has 0 N–H and O–H groups in total. The fourth-order valence-electron chi connectivity index (χ4n) is 4.35. The molecule has 3 aliphatic rings. The van der Waals surface area contributed by atoms with E-state index in [1.54, 1.807) is 12.0 Å². The molecule has 1 aromatic carbocycles. The van der Waals surface area contributed by atoms with Crippen LogP contribution in [0.3, 0.4) is 0 Å². The molecule has 5 nitrogen and oxygen atoms in total. The molecule has 1 amide bonds. The van der Waals surface area contributed by atoms with Gasteiger partial charge in [0.1, 0.15) is 11.9 Å². The van der Waals surface area contributed by atoms with Crippen LogP contribution in [0.25, 0.3) is 0 Å². The minimum Gasteiger partial charge on any atom is -0.497 e. The van der Waals surface area contributed by atoms with Crippen LogP contribution < -0.4 is 4.74 Å². The van der Waals surface area contributed by atoms with Crippen LogP contribution in [-0.4, -0.2) is 36.3 Å². The molecule has 1 saturated carbocycles. The van der Waals surface area contributed by atoms with Crippen molar-refractivity contribution in [3.8, 4) is 5.75 Å². The van der Waals surface area contributed by atoms with Crippen molar-refractivity contribution in [3.05, 3.63) is 41.2 Å². The highest BCUT2D eigenvalue weighted by atomic mass is 16.5. The van der Waals surface area contributed by atoms with Gasteiger partial charge in [-0.2, -0.15) is 0 Å². The van der Waals surface area contributed by atoms with Gasteiger partial charge in [-0.15, -0.1) is 0 Å². The van der Waals surface area contributed by atoms with Crippen molar-refractivity contribution >= 4 is 11.7 Å². The number of nitrogens with zero attached hydrogens (tertiary/aromatic N) is 1. The van der Waals surface area contributed by atoms with Gasteiger partial charge in [-0.25, -0.2) is 0 Å². The van der Waals surface area contributed by atoms with Gasteiger partial charge in [0.05, 0.1) is 24.6 Å². The maximum absolute atomic E-state index is 13.2. The molecule has 0 spiro atoms. The van der Waals surface area contributed by atoms with Gasteiger partial charge in [-0.05, 0) is 43.9 Å². The number of benzene rings is 1. The first-order valence-electron chi connectivity index (χ1n) is 9.05. The molecule has 0 radical (unpaired) electrons. The molecule has 3 atom stereocenters. The lowest BCUT2D eigenvalue weighted by atomic mass is 9.77. The van der Waals surface area contributed by atoms with Gasteiger partial charge in [0.15, 0.2) is 11.5 Å². The molecule has 0 bridgehead atoms. The normalized spacial score (nSPS) is 28.6. The molecule has 2 aliphatic heterocycles. The van der Waals surface area contributed by atoms with Crippen molar-refractivity contribution < 1.29 is 19.1 Å². The lowest BCUT2D eigenvalue weighted by molar-refractivity contribution is -0.135. The summed E-state index contributed by atoms with van der Waals surface area (Å²) in [6.45, 7) is 2.47. The first-order valence-corrected chi connectivity index (χ1v) is 9.05. The number of fused-ring (bicyclic) bond motifs is 1. The van der Waals surface area contributed by atoms with E-state index in [0.717, 1.165) is 37.0 Å². The molecule has 132 valence electrons. The summed E-state index contributed by atoms with van der Waals surface area (Å²) in [7, 11) is 1.62. The average Bonchev–Trinajstić information content (AvgIpc) is 2.94. The van der Waals surface area contributed by atoms with Gasteiger partial charge in [0, 0.05) is 6.54 Å². The molecular weight excluding hydrogens is 318 g/mol. The van der Waals surface area contributed by atoms with E-state index in [9.17, 15) is 9.59 Å². The molecular formula is C20H23NO4. The number of rotatable bonds is 3. The van der Waals surface area contributed by atoms with Crippen molar-refractivity contribution in [2.24, 2.45) is 5.92 Å². The van der Waals surface area contributed by atoms with E-state index in [2.05, 4.69) is 0 Å². The number of carbonyl (C=O) groups excluding carboxylic acids is 2. The zero-order chi connectivity index (χ0) is 17.6. The maximum Gasteiger partial charge on any atom is 0.290 e. The summed E-state index contributed by atoms with van der Waals surface area (Å²) >= 11 is 0. The van der Waals surface area contributed by atoms with E-state index in [0.29, 0.717) is 12.1 Å². The summed E-state index contributed by atoms with van der Waals surface area (Å²) in [6.07, 6.45) is 3.70. The third-order valence-corrected chi connectivity index (χ3v) is 5.63. The Morgan fingerprint density at radius 3 is 2.56 bits per heavy atom. The summed E-state index contributed by atoms with van der Waals surface area (Å²) in [5, 5.41) is 0. The Labute approximate surface area is 147 Å². The number of Topliss-reactive ketones (excluding diaryl/α,β-unsaturated/α-hetero) is 1. The predicted molar refractivity (Wildman–Crippen MR) is 92.0 cm³/mol. The third-order valence-electron chi connectivity index (χ3n) is 5.63. The maximum atomic E-state index is 13.2. The third kappa shape index (κ3) is 2.44. The Kier molecular flexibility index (Phi) is 4.02. The predicted octanol–water partition coefficient (Wildman–Crippen LogP) is 3.01. The van der Waals surface area contributed by atoms with E-state index in [1.165, 1.54) is 0 Å². The van der Waals surface area contributed by atoms with Crippen LogP contribution in [0.1, 0.15) is 44.2 Å².